The molecule has 1 amide bonds. The first-order valence-electron chi connectivity index (χ1n) is 8.65. The average Bonchev–Trinajstić information content (AvgIpc) is 2.63. The van der Waals surface area contributed by atoms with Crippen molar-refractivity contribution < 1.29 is 23.5 Å². The number of nitrogens with one attached hydrogen (secondary N) is 1. The third-order valence-electron chi connectivity index (χ3n) is 3.90. The Bertz CT molecular complexity index is 813. The molecule has 142 valence electrons. The van der Waals surface area contributed by atoms with Crippen LogP contribution in [0.1, 0.15) is 36.7 Å². The number of carbonyl (C=O) groups excluding carboxylic acids is 3. The van der Waals surface area contributed by atoms with Crippen LogP contribution in [-0.2, 0) is 20.7 Å². The molecule has 5 nitrogen and oxygen atoms in total. The van der Waals surface area contributed by atoms with Crippen LogP contribution in [0.5, 0.6) is 0 Å². The van der Waals surface area contributed by atoms with Gasteiger partial charge in [-0.2, -0.15) is 0 Å². The van der Waals surface area contributed by atoms with Crippen molar-refractivity contribution in [3.63, 3.8) is 0 Å². The van der Waals surface area contributed by atoms with E-state index >= 15 is 0 Å². The number of carbonyl (C=O) groups is 3. The first-order chi connectivity index (χ1) is 12.8. The van der Waals surface area contributed by atoms with Crippen molar-refractivity contribution >= 4 is 23.3 Å². The van der Waals surface area contributed by atoms with Gasteiger partial charge in [0.1, 0.15) is 5.82 Å². The van der Waals surface area contributed by atoms with Gasteiger partial charge in [-0.15, -0.1) is 0 Å². The van der Waals surface area contributed by atoms with Gasteiger partial charge in [-0.3, -0.25) is 14.4 Å². The lowest BCUT2D eigenvalue weighted by Gasteiger charge is -2.13. The van der Waals surface area contributed by atoms with Crippen molar-refractivity contribution in [3.05, 3.63) is 65.5 Å². The Morgan fingerprint density at radius 2 is 1.56 bits per heavy atom. The summed E-state index contributed by atoms with van der Waals surface area (Å²) in [4.78, 5) is 36.0. The lowest BCUT2D eigenvalue weighted by atomic mass is 10.1. The van der Waals surface area contributed by atoms with Gasteiger partial charge in [0.25, 0.3) is 0 Å². The Morgan fingerprint density at radius 1 is 0.963 bits per heavy atom. The van der Waals surface area contributed by atoms with Gasteiger partial charge in [0.15, 0.2) is 6.10 Å². The van der Waals surface area contributed by atoms with Gasteiger partial charge >= 0.3 is 5.97 Å². The SMILES string of the molecule is CC(C)C(=O)Nc1ccc(C(=O)C(C)OC(=O)Cc2ccc(F)cc2)cc1. The van der Waals surface area contributed by atoms with Crippen molar-refractivity contribution in [3.8, 4) is 0 Å². The summed E-state index contributed by atoms with van der Waals surface area (Å²) in [6.45, 7) is 5.07. The molecule has 1 N–H and O–H groups in total. The Kier molecular flexibility index (Phi) is 6.82. The summed E-state index contributed by atoms with van der Waals surface area (Å²) in [6, 6.07) is 11.9. The van der Waals surface area contributed by atoms with Crippen molar-refractivity contribution in [1.82, 2.24) is 0 Å². The minimum atomic E-state index is -0.950. The second-order valence-electron chi connectivity index (χ2n) is 6.52. The summed E-state index contributed by atoms with van der Waals surface area (Å²) in [7, 11) is 0. The molecule has 27 heavy (non-hydrogen) atoms. The highest BCUT2D eigenvalue weighted by atomic mass is 19.1. The highest BCUT2D eigenvalue weighted by Gasteiger charge is 2.20. The van der Waals surface area contributed by atoms with Gasteiger partial charge in [-0.05, 0) is 48.9 Å². The zero-order valence-corrected chi connectivity index (χ0v) is 15.5. The smallest absolute Gasteiger partial charge is 0.310 e. The Balaban J connectivity index is 1.92. The standard InChI is InChI=1S/C21H22FNO4/c1-13(2)21(26)23-18-10-6-16(7-11-18)20(25)14(3)27-19(24)12-15-4-8-17(22)9-5-15/h4-11,13-14H,12H2,1-3H3,(H,23,26). The van der Waals surface area contributed by atoms with Gasteiger partial charge in [-0.1, -0.05) is 26.0 Å². The van der Waals surface area contributed by atoms with Crippen LogP contribution in [0.3, 0.4) is 0 Å². The number of anilines is 1. The molecule has 1 unspecified atom stereocenters. The molecular formula is C21H22FNO4. The average molecular weight is 371 g/mol. The molecule has 0 heterocycles. The summed E-state index contributed by atoms with van der Waals surface area (Å²) in [5, 5.41) is 2.74. The molecule has 0 saturated carbocycles. The van der Waals surface area contributed by atoms with E-state index in [0.717, 1.165) is 0 Å². The number of benzene rings is 2. The molecule has 2 aromatic carbocycles. The highest BCUT2D eigenvalue weighted by Crippen LogP contribution is 2.14. The van der Waals surface area contributed by atoms with Gasteiger partial charge in [0, 0.05) is 17.2 Å². The zero-order valence-electron chi connectivity index (χ0n) is 15.5. The van der Waals surface area contributed by atoms with Crippen LogP contribution in [0.15, 0.2) is 48.5 Å². The van der Waals surface area contributed by atoms with E-state index in [9.17, 15) is 18.8 Å². The Labute approximate surface area is 157 Å². The maximum atomic E-state index is 12.9. The summed E-state index contributed by atoms with van der Waals surface area (Å²) in [6.07, 6.45) is -0.994. The maximum absolute atomic E-state index is 12.9. The summed E-state index contributed by atoms with van der Waals surface area (Å²) >= 11 is 0. The van der Waals surface area contributed by atoms with Gasteiger partial charge in [-0.25, -0.2) is 4.39 Å². The molecule has 0 bridgehead atoms. The number of esters is 1. The third-order valence-corrected chi connectivity index (χ3v) is 3.90. The molecule has 1 atom stereocenters. The molecule has 0 aliphatic carbocycles. The molecule has 0 fully saturated rings. The third kappa shape index (κ3) is 6.02. The topological polar surface area (TPSA) is 72.5 Å². The predicted molar refractivity (Wildman–Crippen MR) is 99.9 cm³/mol. The van der Waals surface area contributed by atoms with Crippen LogP contribution in [0.4, 0.5) is 10.1 Å². The normalized spacial score (nSPS) is 11.7. The highest BCUT2D eigenvalue weighted by molar-refractivity contribution is 6.01. The quantitative estimate of drug-likeness (QED) is 0.594. The number of hydrogen-bond donors (Lipinski definition) is 1. The van der Waals surface area contributed by atoms with Gasteiger partial charge in [0.05, 0.1) is 6.42 Å². The second-order valence-corrected chi connectivity index (χ2v) is 6.52. The van der Waals surface area contributed by atoms with E-state index in [1.165, 1.54) is 31.2 Å². The molecule has 0 aliphatic heterocycles. The zero-order chi connectivity index (χ0) is 20.0. The van der Waals surface area contributed by atoms with Crippen LogP contribution in [-0.4, -0.2) is 23.8 Å². The van der Waals surface area contributed by atoms with Crippen LogP contribution in [0, 0.1) is 11.7 Å². The minimum absolute atomic E-state index is 0.0436. The molecule has 2 aromatic rings. The molecule has 0 aliphatic rings. The predicted octanol–water partition coefficient (Wildman–Crippen LogP) is 3.78. The number of halogens is 1. The van der Waals surface area contributed by atoms with Crippen molar-refractivity contribution in [2.75, 3.05) is 5.32 Å². The lowest BCUT2D eigenvalue weighted by Crippen LogP contribution is -2.25. The van der Waals surface area contributed by atoms with E-state index in [4.69, 9.17) is 4.74 Å². The number of hydrogen-bond acceptors (Lipinski definition) is 4. The van der Waals surface area contributed by atoms with Crippen LogP contribution in [0.25, 0.3) is 0 Å². The number of rotatable bonds is 7. The van der Waals surface area contributed by atoms with E-state index in [2.05, 4.69) is 5.32 Å². The van der Waals surface area contributed by atoms with E-state index in [0.29, 0.717) is 16.8 Å². The Hall–Kier alpha value is -3.02. The summed E-state index contributed by atoms with van der Waals surface area (Å²) in [5.74, 6) is -1.56. The van der Waals surface area contributed by atoms with Crippen molar-refractivity contribution in [2.24, 2.45) is 5.92 Å². The molecule has 2 rings (SSSR count). The fraction of sp³-hybridized carbons (Fsp3) is 0.286. The lowest BCUT2D eigenvalue weighted by molar-refractivity contribution is -0.145. The van der Waals surface area contributed by atoms with Gasteiger partial charge in [0.2, 0.25) is 11.7 Å². The van der Waals surface area contributed by atoms with Crippen molar-refractivity contribution in [1.29, 1.82) is 0 Å². The summed E-state index contributed by atoms with van der Waals surface area (Å²) < 4.78 is 18.1. The minimum Gasteiger partial charge on any atom is -0.454 e. The van der Waals surface area contributed by atoms with Crippen LogP contribution >= 0.6 is 0 Å². The van der Waals surface area contributed by atoms with E-state index in [1.807, 2.05) is 0 Å². The van der Waals surface area contributed by atoms with E-state index < -0.39 is 12.1 Å². The molecule has 0 aromatic heterocycles. The molecule has 0 spiro atoms. The van der Waals surface area contributed by atoms with E-state index in [-0.39, 0.29) is 29.8 Å². The first kappa shape index (κ1) is 20.3. The van der Waals surface area contributed by atoms with Gasteiger partial charge < -0.3 is 10.1 Å². The molecular weight excluding hydrogens is 349 g/mol. The number of ketones is 1. The molecule has 0 saturated heterocycles. The summed E-state index contributed by atoms with van der Waals surface area (Å²) in [5.41, 5.74) is 1.57. The van der Waals surface area contributed by atoms with Crippen LogP contribution < -0.4 is 5.32 Å². The monoisotopic (exact) mass is 371 g/mol. The first-order valence-corrected chi connectivity index (χ1v) is 8.65. The van der Waals surface area contributed by atoms with Crippen molar-refractivity contribution in [2.45, 2.75) is 33.3 Å². The number of Topliss-reactive ketones (excluding diaryl/α,β-unsaturated/α-hetero) is 1. The Morgan fingerprint density at radius 3 is 2.11 bits per heavy atom. The largest absolute Gasteiger partial charge is 0.454 e. The number of ether oxygens (including phenoxy) is 1. The molecule has 6 heteroatoms. The molecule has 0 radical (unpaired) electrons. The van der Waals surface area contributed by atoms with E-state index in [1.54, 1.807) is 38.1 Å². The fourth-order valence-corrected chi connectivity index (χ4v) is 2.30. The van der Waals surface area contributed by atoms with Crippen LogP contribution in [0.2, 0.25) is 0 Å². The second kappa shape index (κ2) is 9.07. The fourth-order valence-electron chi connectivity index (χ4n) is 2.30. The maximum Gasteiger partial charge on any atom is 0.310 e. The number of amides is 1.